The molecular formula is C12H13N5O2. The molecule has 7 heteroatoms. The van der Waals surface area contributed by atoms with Crippen LogP contribution in [0.4, 0.5) is 5.95 Å². The number of hydrogen-bond acceptors (Lipinski definition) is 5. The number of benzene rings is 1. The van der Waals surface area contributed by atoms with Crippen LogP contribution in [0.1, 0.15) is 5.56 Å². The molecule has 19 heavy (non-hydrogen) atoms. The van der Waals surface area contributed by atoms with Crippen LogP contribution >= 0.6 is 0 Å². The summed E-state index contributed by atoms with van der Waals surface area (Å²) in [4.78, 5) is 14.7. The highest BCUT2D eigenvalue weighted by Crippen LogP contribution is 2.19. The van der Waals surface area contributed by atoms with Crippen molar-refractivity contribution in [1.82, 2.24) is 9.55 Å². The molecule has 0 saturated carbocycles. The van der Waals surface area contributed by atoms with Gasteiger partial charge in [0.1, 0.15) is 6.61 Å². The second kappa shape index (κ2) is 5.37. The van der Waals surface area contributed by atoms with Crippen LogP contribution in [0.2, 0.25) is 0 Å². The van der Waals surface area contributed by atoms with Gasteiger partial charge in [0.25, 0.3) is 0 Å². The van der Waals surface area contributed by atoms with Crippen LogP contribution in [0.25, 0.3) is 11.0 Å². The van der Waals surface area contributed by atoms with Gasteiger partial charge in [-0.25, -0.2) is 4.98 Å². The first-order valence-electron chi connectivity index (χ1n) is 5.63. The van der Waals surface area contributed by atoms with E-state index in [0.717, 1.165) is 5.52 Å². The summed E-state index contributed by atoms with van der Waals surface area (Å²) < 4.78 is 6.82. The van der Waals surface area contributed by atoms with Crippen LogP contribution < -0.4 is 11.5 Å². The molecule has 98 valence electrons. The molecule has 0 unspecified atom stereocenters. The molecule has 0 saturated heterocycles. The highest BCUT2D eigenvalue weighted by Gasteiger charge is 2.08. The van der Waals surface area contributed by atoms with Crippen molar-refractivity contribution >= 4 is 22.9 Å². The first kappa shape index (κ1) is 12.9. The van der Waals surface area contributed by atoms with Crippen molar-refractivity contribution in [3.63, 3.8) is 0 Å². The molecule has 1 aromatic heterocycles. The fourth-order valence-corrected chi connectivity index (χ4v) is 1.77. The number of carbonyl (C=O) groups excluding carboxylic acids is 1. The Morgan fingerprint density at radius 1 is 1.53 bits per heavy atom. The van der Waals surface area contributed by atoms with Crippen molar-refractivity contribution in [1.29, 1.82) is 5.26 Å². The molecule has 0 radical (unpaired) electrons. The maximum atomic E-state index is 10.5. The van der Waals surface area contributed by atoms with Crippen LogP contribution in [0.3, 0.4) is 0 Å². The number of anilines is 1. The van der Waals surface area contributed by atoms with Crippen molar-refractivity contribution in [3.8, 4) is 6.07 Å². The monoisotopic (exact) mass is 259 g/mol. The Morgan fingerprint density at radius 3 is 3.00 bits per heavy atom. The molecule has 0 atom stereocenters. The molecule has 0 fully saturated rings. The van der Waals surface area contributed by atoms with Crippen LogP contribution in [0.5, 0.6) is 0 Å². The molecule has 1 amide bonds. The number of carbonyl (C=O) groups is 1. The van der Waals surface area contributed by atoms with Gasteiger partial charge in [0.2, 0.25) is 11.9 Å². The van der Waals surface area contributed by atoms with E-state index in [1.165, 1.54) is 0 Å². The van der Waals surface area contributed by atoms with E-state index in [1.54, 1.807) is 22.8 Å². The second-order valence-electron chi connectivity index (χ2n) is 3.96. The molecule has 4 N–H and O–H groups in total. The lowest BCUT2D eigenvalue weighted by molar-refractivity contribution is -0.122. The molecule has 0 bridgehead atoms. The number of primary amides is 1. The van der Waals surface area contributed by atoms with E-state index in [0.29, 0.717) is 23.6 Å². The lowest BCUT2D eigenvalue weighted by Crippen LogP contribution is -2.20. The van der Waals surface area contributed by atoms with E-state index in [2.05, 4.69) is 11.1 Å². The fraction of sp³-hybridized carbons (Fsp3) is 0.250. The van der Waals surface area contributed by atoms with Crippen LogP contribution in [-0.2, 0) is 16.1 Å². The summed E-state index contributed by atoms with van der Waals surface area (Å²) in [5.74, 6) is -0.178. The zero-order valence-electron chi connectivity index (χ0n) is 10.2. The SMILES string of the molecule is N#Cc1ccc2nc(N)n(CCOCC(N)=O)c2c1. The molecule has 2 aromatic rings. The molecule has 1 heterocycles. The third-order valence-corrected chi connectivity index (χ3v) is 2.61. The number of rotatable bonds is 5. The first-order valence-corrected chi connectivity index (χ1v) is 5.63. The zero-order valence-corrected chi connectivity index (χ0v) is 10.2. The minimum absolute atomic E-state index is 0.129. The Morgan fingerprint density at radius 2 is 2.32 bits per heavy atom. The Hall–Kier alpha value is -2.59. The summed E-state index contributed by atoms with van der Waals surface area (Å²) in [6.45, 7) is 0.593. The predicted molar refractivity (Wildman–Crippen MR) is 68.9 cm³/mol. The standard InChI is InChI=1S/C12H13N5O2/c13-6-8-1-2-9-10(5-8)17(12(15)16-9)3-4-19-7-11(14)18/h1-2,5H,3-4,7H2,(H2,14,18)(H2,15,16). The highest BCUT2D eigenvalue weighted by atomic mass is 16.5. The van der Waals surface area contributed by atoms with Gasteiger partial charge in [-0.15, -0.1) is 0 Å². The minimum Gasteiger partial charge on any atom is -0.370 e. The summed E-state index contributed by atoms with van der Waals surface area (Å²) in [5, 5.41) is 8.88. The van der Waals surface area contributed by atoms with Gasteiger partial charge in [-0.1, -0.05) is 0 Å². The van der Waals surface area contributed by atoms with E-state index in [-0.39, 0.29) is 13.2 Å². The zero-order chi connectivity index (χ0) is 13.8. The predicted octanol–water partition coefficient (Wildman–Crippen LogP) is -0.00792. The number of fused-ring (bicyclic) bond motifs is 1. The van der Waals surface area contributed by atoms with Gasteiger partial charge >= 0.3 is 0 Å². The number of imidazole rings is 1. The highest BCUT2D eigenvalue weighted by molar-refractivity contribution is 5.79. The van der Waals surface area contributed by atoms with E-state index in [1.807, 2.05) is 0 Å². The van der Waals surface area contributed by atoms with Gasteiger partial charge < -0.3 is 20.8 Å². The van der Waals surface area contributed by atoms with E-state index in [4.69, 9.17) is 21.5 Å². The average molecular weight is 259 g/mol. The number of aromatic nitrogens is 2. The van der Waals surface area contributed by atoms with E-state index >= 15 is 0 Å². The molecule has 1 aromatic carbocycles. The Kier molecular flexibility index (Phi) is 3.63. The normalized spacial score (nSPS) is 10.5. The molecule has 0 aliphatic carbocycles. The maximum Gasteiger partial charge on any atom is 0.243 e. The second-order valence-corrected chi connectivity index (χ2v) is 3.96. The summed E-state index contributed by atoms with van der Waals surface area (Å²) in [5.41, 5.74) is 12.8. The number of nitrogens with two attached hydrogens (primary N) is 2. The van der Waals surface area contributed by atoms with Gasteiger partial charge in [-0.3, -0.25) is 4.79 Å². The molecule has 7 nitrogen and oxygen atoms in total. The Bertz CT molecular complexity index is 656. The van der Waals surface area contributed by atoms with Crippen LogP contribution in [0, 0.1) is 11.3 Å². The average Bonchev–Trinajstić information content (AvgIpc) is 2.69. The van der Waals surface area contributed by atoms with Gasteiger partial charge in [0.05, 0.1) is 29.3 Å². The largest absolute Gasteiger partial charge is 0.370 e. The van der Waals surface area contributed by atoms with Crippen LogP contribution in [-0.4, -0.2) is 28.7 Å². The van der Waals surface area contributed by atoms with Gasteiger partial charge in [0, 0.05) is 6.54 Å². The number of nitriles is 1. The fourth-order valence-electron chi connectivity index (χ4n) is 1.77. The van der Waals surface area contributed by atoms with E-state index < -0.39 is 5.91 Å². The van der Waals surface area contributed by atoms with Crippen molar-refractivity contribution in [2.24, 2.45) is 5.73 Å². The quantitative estimate of drug-likeness (QED) is 0.732. The Labute approximate surface area is 109 Å². The summed E-state index contributed by atoms with van der Waals surface area (Å²) in [6, 6.07) is 7.20. The summed E-state index contributed by atoms with van der Waals surface area (Å²) >= 11 is 0. The Balaban J connectivity index is 2.19. The molecule has 0 aliphatic heterocycles. The topological polar surface area (TPSA) is 120 Å². The number of ether oxygens (including phenoxy) is 1. The number of nitrogen functional groups attached to an aromatic ring is 1. The molecular weight excluding hydrogens is 246 g/mol. The summed E-state index contributed by atoms with van der Waals surface area (Å²) in [6.07, 6.45) is 0. The van der Waals surface area contributed by atoms with Crippen LogP contribution in [0.15, 0.2) is 18.2 Å². The van der Waals surface area contributed by atoms with Crippen molar-refractivity contribution in [2.45, 2.75) is 6.54 Å². The number of nitrogens with zero attached hydrogens (tertiary/aromatic N) is 3. The van der Waals surface area contributed by atoms with Gasteiger partial charge in [-0.05, 0) is 18.2 Å². The summed E-state index contributed by atoms with van der Waals surface area (Å²) in [7, 11) is 0. The van der Waals surface area contributed by atoms with Gasteiger partial charge in [-0.2, -0.15) is 5.26 Å². The third-order valence-electron chi connectivity index (χ3n) is 2.61. The lowest BCUT2D eigenvalue weighted by Gasteiger charge is -2.06. The molecule has 0 aliphatic rings. The van der Waals surface area contributed by atoms with Crippen molar-refractivity contribution in [3.05, 3.63) is 23.8 Å². The number of amides is 1. The first-order chi connectivity index (χ1) is 9.11. The van der Waals surface area contributed by atoms with E-state index in [9.17, 15) is 4.79 Å². The minimum atomic E-state index is -0.518. The smallest absolute Gasteiger partial charge is 0.243 e. The van der Waals surface area contributed by atoms with Crippen molar-refractivity contribution < 1.29 is 9.53 Å². The number of hydrogen-bond donors (Lipinski definition) is 2. The molecule has 0 spiro atoms. The maximum absolute atomic E-state index is 10.5. The lowest BCUT2D eigenvalue weighted by atomic mass is 10.2. The van der Waals surface area contributed by atoms with Gasteiger partial charge in [0.15, 0.2) is 0 Å². The molecule has 2 rings (SSSR count). The third kappa shape index (κ3) is 2.81. The van der Waals surface area contributed by atoms with Crippen molar-refractivity contribution in [2.75, 3.05) is 18.9 Å².